The molecule has 1 aromatic rings. The van der Waals surface area contributed by atoms with Crippen LogP contribution in [0.5, 0.6) is 5.75 Å². The molecule has 0 radical (unpaired) electrons. The lowest BCUT2D eigenvalue weighted by Gasteiger charge is -2.18. The van der Waals surface area contributed by atoms with Crippen LogP contribution in [0.15, 0.2) is 18.2 Å². The SMILES string of the molecule is COc1ccc(NC2CC(=O)N(CCC(C)C)C2=O)cc1NS(C)(=O)=O. The van der Waals surface area contributed by atoms with Crippen LogP contribution in [0.2, 0.25) is 0 Å². The molecule has 1 atom stereocenters. The van der Waals surface area contributed by atoms with Gasteiger partial charge < -0.3 is 10.1 Å². The monoisotopic (exact) mass is 383 g/mol. The van der Waals surface area contributed by atoms with E-state index in [9.17, 15) is 18.0 Å². The Labute approximate surface area is 153 Å². The molecule has 26 heavy (non-hydrogen) atoms. The van der Waals surface area contributed by atoms with E-state index in [0.29, 0.717) is 23.9 Å². The van der Waals surface area contributed by atoms with Gasteiger partial charge in [-0.25, -0.2) is 8.42 Å². The van der Waals surface area contributed by atoms with Gasteiger partial charge in [0.05, 0.1) is 25.5 Å². The Morgan fingerprint density at radius 3 is 2.58 bits per heavy atom. The van der Waals surface area contributed by atoms with Crippen LogP contribution in [0.1, 0.15) is 26.7 Å². The summed E-state index contributed by atoms with van der Waals surface area (Å²) < 4.78 is 30.5. The Bertz CT molecular complexity index is 792. The van der Waals surface area contributed by atoms with Crippen molar-refractivity contribution in [3.05, 3.63) is 18.2 Å². The van der Waals surface area contributed by atoms with E-state index in [1.54, 1.807) is 12.1 Å². The molecule has 9 heteroatoms. The number of rotatable bonds is 8. The lowest BCUT2D eigenvalue weighted by molar-refractivity contribution is -0.138. The molecular formula is C17H25N3O5S. The second kappa shape index (κ2) is 7.94. The van der Waals surface area contributed by atoms with Crippen molar-refractivity contribution in [1.29, 1.82) is 0 Å². The Kier molecular flexibility index (Phi) is 6.12. The lowest BCUT2D eigenvalue weighted by atomic mass is 10.1. The van der Waals surface area contributed by atoms with Crippen LogP contribution in [0.25, 0.3) is 0 Å². The topological polar surface area (TPSA) is 105 Å². The first kappa shape index (κ1) is 20.0. The quantitative estimate of drug-likeness (QED) is 0.662. The number of sulfonamides is 1. The molecule has 0 aromatic heterocycles. The minimum Gasteiger partial charge on any atom is -0.495 e. The number of nitrogens with zero attached hydrogens (tertiary/aromatic N) is 1. The maximum absolute atomic E-state index is 12.5. The zero-order valence-electron chi connectivity index (χ0n) is 15.4. The predicted octanol–water partition coefficient (Wildman–Crippen LogP) is 1.65. The van der Waals surface area contributed by atoms with E-state index in [2.05, 4.69) is 10.0 Å². The van der Waals surface area contributed by atoms with Gasteiger partial charge in [-0.15, -0.1) is 0 Å². The second-order valence-electron chi connectivity index (χ2n) is 6.76. The van der Waals surface area contributed by atoms with Crippen molar-refractivity contribution in [3.8, 4) is 5.75 Å². The third kappa shape index (κ3) is 5.10. The van der Waals surface area contributed by atoms with Crippen molar-refractivity contribution in [2.24, 2.45) is 5.92 Å². The molecule has 144 valence electrons. The third-order valence-corrected chi connectivity index (χ3v) is 4.60. The van der Waals surface area contributed by atoms with E-state index in [-0.39, 0.29) is 23.9 Å². The maximum atomic E-state index is 12.5. The molecular weight excluding hydrogens is 358 g/mol. The fraction of sp³-hybridized carbons (Fsp3) is 0.529. The lowest BCUT2D eigenvalue weighted by Crippen LogP contribution is -2.35. The van der Waals surface area contributed by atoms with Crippen LogP contribution in [-0.2, 0) is 19.6 Å². The van der Waals surface area contributed by atoms with Gasteiger partial charge in [-0.2, -0.15) is 0 Å². The van der Waals surface area contributed by atoms with Gasteiger partial charge in [0.25, 0.3) is 5.91 Å². The van der Waals surface area contributed by atoms with Gasteiger partial charge in [-0.05, 0) is 30.5 Å². The molecule has 1 aliphatic rings. The molecule has 1 saturated heterocycles. The number of anilines is 2. The molecule has 1 heterocycles. The first-order chi connectivity index (χ1) is 12.1. The largest absolute Gasteiger partial charge is 0.495 e. The zero-order valence-corrected chi connectivity index (χ0v) is 16.2. The Morgan fingerprint density at radius 2 is 2.00 bits per heavy atom. The second-order valence-corrected chi connectivity index (χ2v) is 8.50. The van der Waals surface area contributed by atoms with Crippen molar-refractivity contribution in [2.45, 2.75) is 32.7 Å². The van der Waals surface area contributed by atoms with Crippen molar-refractivity contribution in [3.63, 3.8) is 0 Å². The normalized spacial score (nSPS) is 17.7. The number of likely N-dealkylation sites (tertiary alicyclic amines) is 1. The fourth-order valence-corrected chi connectivity index (χ4v) is 3.26. The molecule has 2 N–H and O–H groups in total. The van der Waals surface area contributed by atoms with Crippen molar-refractivity contribution >= 4 is 33.2 Å². The average molecular weight is 383 g/mol. The highest BCUT2D eigenvalue weighted by Gasteiger charge is 2.38. The fourth-order valence-electron chi connectivity index (χ4n) is 2.70. The van der Waals surface area contributed by atoms with E-state index in [4.69, 9.17) is 4.74 Å². The third-order valence-electron chi connectivity index (χ3n) is 4.01. The van der Waals surface area contributed by atoms with Crippen LogP contribution in [-0.4, -0.2) is 51.1 Å². The zero-order chi connectivity index (χ0) is 19.5. The van der Waals surface area contributed by atoms with E-state index in [1.807, 2.05) is 13.8 Å². The Balaban J connectivity index is 2.14. The molecule has 0 spiro atoms. The van der Waals surface area contributed by atoms with Gasteiger partial charge >= 0.3 is 0 Å². The summed E-state index contributed by atoms with van der Waals surface area (Å²) in [6, 6.07) is 4.14. The van der Waals surface area contributed by atoms with Crippen LogP contribution in [0.3, 0.4) is 0 Å². The molecule has 1 aromatic carbocycles. The first-order valence-electron chi connectivity index (χ1n) is 8.37. The summed E-state index contributed by atoms with van der Waals surface area (Å²) in [7, 11) is -2.05. The van der Waals surface area contributed by atoms with E-state index in [0.717, 1.165) is 12.7 Å². The summed E-state index contributed by atoms with van der Waals surface area (Å²) in [6.07, 6.45) is 1.88. The first-order valence-corrected chi connectivity index (χ1v) is 10.3. The van der Waals surface area contributed by atoms with Gasteiger partial charge in [0.1, 0.15) is 11.8 Å². The van der Waals surface area contributed by atoms with Crippen molar-refractivity contribution in [2.75, 3.05) is 29.9 Å². The number of nitrogens with one attached hydrogen (secondary N) is 2. The smallest absolute Gasteiger partial charge is 0.252 e. The van der Waals surface area contributed by atoms with Crippen LogP contribution in [0.4, 0.5) is 11.4 Å². The van der Waals surface area contributed by atoms with Crippen molar-refractivity contribution < 1.29 is 22.7 Å². The average Bonchev–Trinajstić information content (AvgIpc) is 2.78. The number of carbonyl (C=O) groups excluding carboxylic acids is 2. The molecule has 8 nitrogen and oxygen atoms in total. The minimum atomic E-state index is -3.48. The number of hydrogen-bond donors (Lipinski definition) is 2. The highest BCUT2D eigenvalue weighted by molar-refractivity contribution is 7.92. The highest BCUT2D eigenvalue weighted by atomic mass is 32.2. The van der Waals surface area contributed by atoms with E-state index in [1.165, 1.54) is 18.1 Å². The van der Waals surface area contributed by atoms with Crippen LogP contribution < -0.4 is 14.8 Å². The molecule has 0 aliphatic carbocycles. The minimum absolute atomic E-state index is 0.0811. The number of methoxy groups -OCH3 is 1. The molecule has 2 rings (SSSR count). The molecule has 1 unspecified atom stereocenters. The summed E-state index contributed by atoms with van der Waals surface area (Å²) >= 11 is 0. The summed E-state index contributed by atoms with van der Waals surface area (Å²) in [4.78, 5) is 25.9. The number of amides is 2. The van der Waals surface area contributed by atoms with Gasteiger partial charge in [-0.1, -0.05) is 13.8 Å². The van der Waals surface area contributed by atoms with Crippen molar-refractivity contribution in [1.82, 2.24) is 4.90 Å². The number of benzene rings is 1. The number of imide groups is 1. The maximum Gasteiger partial charge on any atom is 0.252 e. The summed E-state index contributed by atoms with van der Waals surface area (Å²) in [6.45, 7) is 4.49. The van der Waals surface area contributed by atoms with E-state index >= 15 is 0 Å². The number of hydrogen-bond acceptors (Lipinski definition) is 6. The van der Waals surface area contributed by atoms with Crippen LogP contribution >= 0.6 is 0 Å². The van der Waals surface area contributed by atoms with Gasteiger partial charge in [0.2, 0.25) is 15.9 Å². The molecule has 0 bridgehead atoms. The number of carbonyl (C=O) groups is 2. The Hall–Kier alpha value is -2.29. The molecule has 2 amide bonds. The van der Waals surface area contributed by atoms with E-state index < -0.39 is 16.1 Å². The predicted molar refractivity (Wildman–Crippen MR) is 99.7 cm³/mol. The van der Waals surface area contributed by atoms with Gasteiger partial charge in [0, 0.05) is 12.2 Å². The summed E-state index contributed by atoms with van der Waals surface area (Å²) in [5, 5.41) is 3.01. The standard InChI is InChI=1S/C17H25N3O5S/c1-11(2)7-8-20-16(21)10-14(17(20)22)18-12-5-6-15(25-3)13(9-12)19-26(4,23)24/h5-6,9,11,14,18-19H,7-8,10H2,1-4H3. The molecule has 1 aliphatic heterocycles. The molecule has 1 fully saturated rings. The Morgan fingerprint density at radius 1 is 1.31 bits per heavy atom. The van der Waals surface area contributed by atoms with Gasteiger partial charge in [-0.3, -0.25) is 19.2 Å². The number of ether oxygens (including phenoxy) is 1. The van der Waals surface area contributed by atoms with Crippen LogP contribution in [0, 0.1) is 5.92 Å². The highest BCUT2D eigenvalue weighted by Crippen LogP contribution is 2.30. The molecule has 0 saturated carbocycles. The van der Waals surface area contributed by atoms with Gasteiger partial charge in [0.15, 0.2) is 0 Å². The summed E-state index contributed by atoms with van der Waals surface area (Å²) in [5.41, 5.74) is 0.780. The summed E-state index contributed by atoms with van der Waals surface area (Å²) in [5.74, 6) is 0.294.